The summed E-state index contributed by atoms with van der Waals surface area (Å²) in [5.74, 6) is 0.757. The van der Waals surface area contributed by atoms with Crippen molar-refractivity contribution in [2.75, 3.05) is 6.61 Å². The quantitative estimate of drug-likeness (QED) is 0.763. The van der Waals surface area contributed by atoms with Gasteiger partial charge in [0.2, 0.25) is 0 Å². The second kappa shape index (κ2) is 5.19. The van der Waals surface area contributed by atoms with E-state index >= 15 is 0 Å². The molecule has 1 heterocycles. The van der Waals surface area contributed by atoms with E-state index in [0.29, 0.717) is 13.2 Å². The molecule has 4 heteroatoms. The van der Waals surface area contributed by atoms with Gasteiger partial charge in [0, 0.05) is 37.2 Å². The van der Waals surface area contributed by atoms with Crippen LogP contribution in [0, 0.1) is 0 Å². The van der Waals surface area contributed by atoms with Gasteiger partial charge in [-0.15, -0.1) is 0 Å². The molecule has 1 saturated carbocycles. The van der Waals surface area contributed by atoms with Crippen LogP contribution in [0.5, 0.6) is 0 Å². The molecule has 4 nitrogen and oxygen atoms in total. The monoisotopic (exact) mass is 207 g/mol. The minimum absolute atomic E-state index is 0.507. The molecule has 0 amide bonds. The third-order valence-electron chi connectivity index (χ3n) is 2.37. The third kappa shape index (κ3) is 3.57. The Bertz CT molecular complexity index is 295. The summed E-state index contributed by atoms with van der Waals surface area (Å²) >= 11 is 0. The highest BCUT2D eigenvalue weighted by atomic mass is 16.5. The van der Waals surface area contributed by atoms with E-state index in [-0.39, 0.29) is 0 Å². The van der Waals surface area contributed by atoms with E-state index in [9.17, 15) is 0 Å². The van der Waals surface area contributed by atoms with Crippen LogP contribution in [0.1, 0.15) is 31.2 Å². The Morgan fingerprint density at radius 3 is 2.73 bits per heavy atom. The van der Waals surface area contributed by atoms with E-state index in [1.165, 1.54) is 12.8 Å². The van der Waals surface area contributed by atoms with Gasteiger partial charge < -0.3 is 10.1 Å². The van der Waals surface area contributed by atoms with E-state index in [1.807, 2.05) is 19.3 Å². The molecule has 0 atom stereocenters. The summed E-state index contributed by atoms with van der Waals surface area (Å²) in [5, 5.41) is 3.42. The summed E-state index contributed by atoms with van der Waals surface area (Å²) in [4.78, 5) is 8.48. The molecule has 0 aromatic carbocycles. The lowest BCUT2D eigenvalue weighted by atomic mass is 10.3. The molecule has 0 saturated heterocycles. The SMILES string of the molecule is CCOCc1ncc(CNC2CC2)cn1. The second-order valence-electron chi connectivity index (χ2n) is 3.80. The van der Waals surface area contributed by atoms with Gasteiger partial charge in [0.25, 0.3) is 0 Å². The summed E-state index contributed by atoms with van der Waals surface area (Å²) in [6.45, 7) is 4.05. The maximum absolute atomic E-state index is 5.23. The van der Waals surface area contributed by atoms with Crippen LogP contribution in [-0.2, 0) is 17.9 Å². The van der Waals surface area contributed by atoms with E-state index in [4.69, 9.17) is 4.74 Å². The molecule has 0 aliphatic heterocycles. The van der Waals surface area contributed by atoms with Gasteiger partial charge in [-0.2, -0.15) is 0 Å². The molecule has 0 radical (unpaired) electrons. The van der Waals surface area contributed by atoms with Crippen LogP contribution in [-0.4, -0.2) is 22.6 Å². The maximum Gasteiger partial charge on any atom is 0.153 e. The smallest absolute Gasteiger partial charge is 0.153 e. The summed E-state index contributed by atoms with van der Waals surface area (Å²) in [5.41, 5.74) is 1.14. The summed E-state index contributed by atoms with van der Waals surface area (Å²) in [6, 6.07) is 0.730. The zero-order valence-electron chi connectivity index (χ0n) is 9.07. The molecule has 1 fully saturated rings. The number of ether oxygens (including phenoxy) is 1. The van der Waals surface area contributed by atoms with Crippen molar-refractivity contribution in [3.05, 3.63) is 23.8 Å². The lowest BCUT2D eigenvalue weighted by Crippen LogP contribution is -2.15. The number of aromatic nitrogens is 2. The Kier molecular flexibility index (Phi) is 3.64. The number of hydrogen-bond donors (Lipinski definition) is 1. The van der Waals surface area contributed by atoms with Crippen LogP contribution in [0.25, 0.3) is 0 Å². The molecule has 1 aliphatic rings. The molecular weight excluding hydrogens is 190 g/mol. The first-order valence-electron chi connectivity index (χ1n) is 5.49. The van der Waals surface area contributed by atoms with Crippen molar-refractivity contribution < 1.29 is 4.74 Å². The predicted molar refractivity (Wildman–Crippen MR) is 57.2 cm³/mol. The van der Waals surface area contributed by atoms with Crippen molar-refractivity contribution in [3.63, 3.8) is 0 Å². The molecule has 1 aromatic heterocycles. The van der Waals surface area contributed by atoms with Crippen molar-refractivity contribution in [1.82, 2.24) is 15.3 Å². The summed E-state index contributed by atoms with van der Waals surface area (Å²) in [6.07, 6.45) is 6.36. The predicted octanol–water partition coefficient (Wildman–Crippen LogP) is 1.27. The van der Waals surface area contributed by atoms with Crippen LogP contribution < -0.4 is 5.32 Å². The van der Waals surface area contributed by atoms with E-state index in [0.717, 1.165) is 24.0 Å². The fraction of sp³-hybridized carbons (Fsp3) is 0.636. The molecule has 1 N–H and O–H groups in total. The molecule has 15 heavy (non-hydrogen) atoms. The van der Waals surface area contributed by atoms with Gasteiger partial charge in [-0.05, 0) is 19.8 Å². The zero-order chi connectivity index (χ0) is 10.5. The lowest BCUT2D eigenvalue weighted by molar-refractivity contribution is 0.128. The Morgan fingerprint density at radius 2 is 2.13 bits per heavy atom. The van der Waals surface area contributed by atoms with Crippen LogP contribution in [0.3, 0.4) is 0 Å². The van der Waals surface area contributed by atoms with E-state index in [2.05, 4.69) is 15.3 Å². The minimum Gasteiger partial charge on any atom is -0.374 e. The van der Waals surface area contributed by atoms with Gasteiger partial charge in [-0.3, -0.25) is 0 Å². The Labute approximate surface area is 90.1 Å². The summed E-state index contributed by atoms with van der Waals surface area (Å²) in [7, 11) is 0. The number of nitrogens with zero attached hydrogens (tertiary/aromatic N) is 2. The highest BCUT2D eigenvalue weighted by Gasteiger charge is 2.19. The zero-order valence-corrected chi connectivity index (χ0v) is 9.07. The topological polar surface area (TPSA) is 47.0 Å². The molecule has 0 spiro atoms. The van der Waals surface area contributed by atoms with Crippen molar-refractivity contribution in [1.29, 1.82) is 0 Å². The lowest BCUT2D eigenvalue weighted by Gasteiger charge is -2.03. The maximum atomic E-state index is 5.23. The van der Waals surface area contributed by atoms with E-state index < -0.39 is 0 Å². The standard InChI is InChI=1S/C11H17N3O/c1-2-15-8-11-13-6-9(7-14-11)5-12-10-3-4-10/h6-7,10,12H,2-5,8H2,1H3. The van der Waals surface area contributed by atoms with Crippen LogP contribution in [0.4, 0.5) is 0 Å². The number of nitrogens with one attached hydrogen (secondary N) is 1. The molecule has 0 bridgehead atoms. The van der Waals surface area contributed by atoms with E-state index in [1.54, 1.807) is 0 Å². The first-order chi connectivity index (χ1) is 7.38. The Hall–Kier alpha value is -1.00. The average molecular weight is 207 g/mol. The van der Waals surface area contributed by atoms with Crippen molar-refractivity contribution in [3.8, 4) is 0 Å². The van der Waals surface area contributed by atoms with Crippen LogP contribution >= 0.6 is 0 Å². The van der Waals surface area contributed by atoms with Gasteiger partial charge in [0.15, 0.2) is 5.82 Å². The Morgan fingerprint density at radius 1 is 1.40 bits per heavy atom. The van der Waals surface area contributed by atoms with Gasteiger partial charge in [0.05, 0.1) is 0 Å². The fourth-order valence-corrected chi connectivity index (χ4v) is 1.29. The highest BCUT2D eigenvalue weighted by molar-refractivity contribution is 5.05. The van der Waals surface area contributed by atoms with Gasteiger partial charge >= 0.3 is 0 Å². The third-order valence-corrected chi connectivity index (χ3v) is 2.37. The normalized spacial score (nSPS) is 15.5. The average Bonchev–Trinajstić information content (AvgIpc) is 3.09. The Balaban J connectivity index is 1.79. The summed E-state index contributed by atoms with van der Waals surface area (Å²) < 4.78 is 5.23. The van der Waals surface area contributed by atoms with Crippen LogP contribution in [0.15, 0.2) is 12.4 Å². The molecule has 82 valence electrons. The number of hydrogen-bond acceptors (Lipinski definition) is 4. The van der Waals surface area contributed by atoms with Gasteiger partial charge in [-0.25, -0.2) is 9.97 Å². The van der Waals surface area contributed by atoms with Gasteiger partial charge in [0.1, 0.15) is 6.61 Å². The minimum atomic E-state index is 0.507. The highest BCUT2D eigenvalue weighted by Crippen LogP contribution is 2.18. The number of rotatable bonds is 6. The molecule has 1 aromatic rings. The first-order valence-corrected chi connectivity index (χ1v) is 5.49. The van der Waals surface area contributed by atoms with Crippen molar-refractivity contribution in [2.24, 2.45) is 0 Å². The molecule has 0 unspecified atom stereocenters. The van der Waals surface area contributed by atoms with Crippen LogP contribution in [0.2, 0.25) is 0 Å². The molecular formula is C11H17N3O. The molecule has 1 aliphatic carbocycles. The first kappa shape index (κ1) is 10.5. The van der Waals surface area contributed by atoms with Crippen molar-refractivity contribution in [2.45, 2.75) is 39.0 Å². The largest absolute Gasteiger partial charge is 0.374 e. The second-order valence-corrected chi connectivity index (χ2v) is 3.80. The fourth-order valence-electron chi connectivity index (χ4n) is 1.29. The molecule has 2 rings (SSSR count). The van der Waals surface area contributed by atoms with Gasteiger partial charge in [-0.1, -0.05) is 0 Å². The van der Waals surface area contributed by atoms with Crippen molar-refractivity contribution >= 4 is 0 Å².